The Morgan fingerprint density at radius 1 is 1.24 bits per heavy atom. The molecule has 0 saturated carbocycles. The Bertz CT molecular complexity index is 350. The summed E-state index contributed by atoms with van der Waals surface area (Å²) in [5.74, 6) is 0.0795. The summed E-state index contributed by atoms with van der Waals surface area (Å²) in [5, 5.41) is 0. The number of ether oxygens (including phenoxy) is 1. The van der Waals surface area contributed by atoms with Crippen LogP contribution in [0.3, 0.4) is 0 Å². The van der Waals surface area contributed by atoms with Crippen LogP contribution in [0.4, 0.5) is 4.79 Å². The molecule has 0 unspecified atom stereocenters. The third kappa shape index (κ3) is 2.61. The summed E-state index contributed by atoms with van der Waals surface area (Å²) >= 11 is 0. The molecule has 0 aromatic carbocycles. The first-order valence-electron chi connectivity index (χ1n) is 5.93. The van der Waals surface area contributed by atoms with E-state index in [-0.39, 0.29) is 5.78 Å². The third-order valence-electron chi connectivity index (χ3n) is 3.01. The predicted octanol–water partition coefficient (Wildman–Crippen LogP) is 2.61. The highest BCUT2D eigenvalue weighted by molar-refractivity contribution is 5.98. The normalized spacial score (nSPS) is 22.8. The molecule has 1 saturated heterocycles. The van der Waals surface area contributed by atoms with E-state index in [0.717, 1.165) is 0 Å². The van der Waals surface area contributed by atoms with Crippen LogP contribution in [0.2, 0.25) is 0 Å². The molecule has 4 nitrogen and oxygen atoms in total. The van der Waals surface area contributed by atoms with Crippen molar-refractivity contribution in [3.63, 3.8) is 0 Å². The maximum absolute atomic E-state index is 12.2. The lowest BCUT2D eigenvalue weighted by atomic mass is 9.84. The molecular weight excluding hydrogens is 218 g/mol. The van der Waals surface area contributed by atoms with Gasteiger partial charge in [-0.15, -0.1) is 0 Å². The number of carbonyl (C=O) groups is 2. The number of amides is 1. The summed E-state index contributed by atoms with van der Waals surface area (Å²) in [6.07, 6.45) is -0.415. The van der Waals surface area contributed by atoms with Crippen LogP contribution in [0.25, 0.3) is 0 Å². The summed E-state index contributed by atoms with van der Waals surface area (Å²) in [6.45, 7) is 13.1. The molecule has 0 radical (unpaired) electrons. The third-order valence-corrected chi connectivity index (χ3v) is 3.01. The minimum atomic E-state index is -0.786. The van der Waals surface area contributed by atoms with Crippen LogP contribution >= 0.6 is 0 Å². The minimum absolute atomic E-state index is 0.0795. The molecule has 1 fully saturated rings. The maximum Gasteiger partial charge on any atom is 0.411 e. The van der Waals surface area contributed by atoms with Crippen LogP contribution in [0.1, 0.15) is 48.5 Å². The second-order valence-electron chi connectivity index (χ2n) is 6.84. The number of hydrogen-bond donors (Lipinski definition) is 0. The summed E-state index contributed by atoms with van der Waals surface area (Å²) in [6, 6.07) is 0. The fraction of sp³-hybridized carbons (Fsp3) is 0.846. The van der Waals surface area contributed by atoms with Gasteiger partial charge in [0.2, 0.25) is 0 Å². The summed E-state index contributed by atoms with van der Waals surface area (Å²) in [7, 11) is 0. The lowest BCUT2D eigenvalue weighted by Gasteiger charge is -2.32. The van der Waals surface area contributed by atoms with Crippen LogP contribution in [-0.2, 0) is 9.53 Å². The van der Waals surface area contributed by atoms with Gasteiger partial charge < -0.3 is 4.74 Å². The van der Waals surface area contributed by atoms with Crippen molar-refractivity contribution in [2.45, 2.75) is 59.6 Å². The molecule has 1 aliphatic rings. The SMILES string of the molecule is CC(C)(C)OC(=O)N1CC(C)(C)C(=O)C1(C)C. The van der Waals surface area contributed by atoms with Gasteiger partial charge in [0.05, 0.1) is 5.54 Å². The van der Waals surface area contributed by atoms with Crippen molar-refractivity contribution in [1.82, 2.24) is 4.90 Å². The van der Waals surface area contributed by atoms with E-state index in [2.05, 4.69) is 0 Å². The molecule has 1 aliphatic heterocycles. The molecule has 0 N–H and O–H groups in total. The van der Waals surface area contributed by atoms with Crippen LogP contribution in [0.15, 0.2) is 0 Å². The fourth-order valence-electron chi connectivity index (χ4n) is 2.23. The largest absolute Gasteiger partial charge is 0.444 e. The van der Waals surface area contributed by atoms with Crippen LogP contribution in [0.5, 0.6) is 0 Å². The van der Waals surface area contributed by atoms with Gasteiger partial charge in [-0.1, -0.05) is 13.8 Å². The quantitative estimate of drug-likeness (QED) is 0.655. The van der Waals surface area contributed by atoms with Gasteiger partial charge in [-0.25, -0.2) is 4.79 Å². The molecule has 1 heterocycles. The van der Waals surface area contributed by atoms with E-state index in [1.807, 2.05) is 34.6 Å². The number of carbonyl (C=O) groups excluding carboxylic acids is 2. The first-order chi connectivity index (χ1) is 7.38. The van der Waals surface area contributed by atoms with Gasteiger partial charge >= 0.3 is 6.09 Å². The minimum Gasteiger partial charge on any atom is -0.444 e. The molecule has 1 amide bonds. The van der Waals surface area contributed by atoms with Gasteiger partial charge in [0.1, 0.15) is 5.60 Å². The van der Waals surface area contributed by atoms with Crippen molar-refractivity contribution in [3.05, 3.63) is 0 Å². The second kappa shape index (κ2) is 3.72. The molecule has 0 aliphatic carbocycles. The first-order valence-corrected chi connectivity index (χ1v) is 5.93. The Balaban J connectivity index is 2.94. The lowest BCUT2D eigenvalue weighted by Crippen LogP contribution is -2.48. The van der Waals surface area contributed by atoms with Crippen molar-refractivity contribution in [2.75, 3.05) is 6.54 Å². The number of nitrogens with zero attached hydrogens (tertiary/aromatic N) is 1. The number of rotatable bonds is 0. The van der Waals surface area contributed by atoms with E-state index < -0.39 is 22.6 Å². The summed E-state index contributed by atoms with van der Waals surface area (Å²) in [5.41, 5.74) is -1.82. The highest BCUT2D eigenvalue weighted by atomic mass is 16.6. The molecule has 17 heavy (non-hydrogen) atoms. The number of Topliss-reactive ketones (excluding diaryl/α,β-unsaturated/α-hetero) is 1. The maximum atomic E-state index is 12.2. The van der Waals surface area contributed by atoms with Crippen molar-refractivity contribution in [3.8, 4) is 0 Å². The van der Waals surface area contributed by atoms with Crippen molar-refractivity contribution < 1.29 is 14.3 Å². The zero-order valence-electron chi connectivity index (χ0n) is 11.9. The number of ketones is 1. The van der Waals surface area contributed by atoms with Gasteiger partial charge in [-0.2, -0.15) is 0 Å². The number of likely N-dealkylation sites (tertiary alicyclic amines) is 1. The summed E-state index contributed by atoms with van der Waals surface area (Å²) in [4.78, 5) is 25.8. The van der Waals surface area contributed by atoms with Crippen LogP contribution in [-0.4, -0.2) is 34.5 Å². The second-order valence-corrected chi connectivity index (χ2v) is 6.84. The van der Waals surface area contributed by atoms with Crippen LogP contribution in [0, 0.1) is 5.41 Å². The molecule has 1 rings (SSSR count). The lowest BCUT2D eigenvalue weighted by molar-refractivity contribution is -0.129. The van der Waals surface area contributed by atoms with E-state index in [4.69, 9.17) is 4.74 Å². The Kier molecular flexibility index (Phi) is 3.06. The summed E-state index contributed by atoms with van der Waals surface area (Å²) < 4.78 is 5.33. The Morgan fingerprint density at radius 3 is 2.00 bits per heavy atom. The van der Waals surface area contributed by atoms with Gasteiger partial charge in [0.25, 0.3) is 0 Å². The van der Waals surface area contributed by atoms with Gasteiger partial charge in [0, 0.05) is 12.0 Å². The van der Waals surface area contributed by atoms with Gasteiger partial charge in [-0.3, -0.25) is 9.69 Å². The fourth-order valence-corrected chi connectivity index (χ4v) is 2.23. The molecule has 4 heteroatoms. The zero-order chi connectivity index (χ0) is 13.6. The van der Waals surface area contributed by atoms with Crippen molar-refractivity contribution >= 4 is 11.9 Å². The molecule has 0 aromatic heterocycles. The predicted molar refractivity (Wildman–Crippen MR) is 65.8 cm³/mol. The monoisotopic (exact) mass is 241 g/mol. The van der Waals surface area contributed by atoms with E-state index >= 15 is 0 Å². The van der Waals surface area contributed by atoms with Crippen molar-refractivity contribution in [1.29, 1.82) is 0 Å². The molecular formula is C13H23NO3. The molecule has 0 atom stereocenters. The average molecular weight is 241 g/mol. The molecule has 0 spiro atoms. The Labute approximate surface area is 103 Å². The first kappa shape index (κ1) is 14.0. The van der Waals surface area contributed by atoms with Crippen LogP contribution < -0.4 is 0 Å². The smallest absolute Gasteiger partial charge is 0.411 e. The Morgan fingerprint density at radius 2 is 1.71 bits per heavy atom. The van der Waals surface area contributed by atoms with Crippen molar-refractivity contribution in [2.24, 2.45) is 5.41 Å². The van der Waals surface area contributed by atoms with E-state index in [9.17, 15) is 9.59 Å². The van der Waals surface area contributed by atoms with Gasteiger partial charge in [0.15, 0.2) is 5.78 Å². The Hall–Kier alpha value is -1.06. The molecule has 98 valence electrons. The molecule has 0 bridgehead atoms. The highest BCUT2D eigenvalue weighted by Gasteiger charge is 2.54. The van der Waals surface area contributed by atoms with E-state index in [1.54, 1.807) is 13.8 Å². The van der Waals surface area contributed by atoms with E-state index in [1.165, 1.54) is 4.90 Å². The number of hydrogen-bond acceptors (Lipinski definition) is 3. The standard InChI is InChI=1S/C13H23NO3/c1-11(2,3)17-10(16)14-8-12(4,5)9(15)13(14,6)7/h8H2,1-7H3. The molecule has 0 aromatic rings. The van der Waals surface area contributed by atoms with Gasteiger partial charge in [-0.05, 0) is 34.6 Å². The average Bonchev–Trinajstić information content (AvgIpc) is 2.23. The highest BCUT2D eigenvalue weighted by Crippen LogP contribution is 2.38. The zero-order valence-corrected chi connectivity index (χ0v) is 11.9. The van der Waals surface area contributed by atoms with E-state index in [0.29, 0.717) is 6.54 Å². The topological polar surface area (TPSA) is 46.6 Å².